The molecule has 0 fully saturated rings. The molecular formula is C12H19N3. The maximum atomic E-state index is 5.58. The van der Waals surface area contributed by atoms with Gasteiger partial charge in [-0.3, -0.25) is 4.99 Å². The fourth-order valence-corrected chi connectivity index (χ4v) is 1.09. The summed E-state index contributed by atoms with van der Waals surface area (Å²) in [6, 6.07) is 2.20. The lowest BCUT2D eigenvalue weighted by Crippen LogP contribution is -2.07. The van der Waals surface area contributed by atoms with Gasteiger partial charge in [-0.25, -0.2) is 4.98 Å². The number of nitrogens with zero attached hydrogens (tertiary/aromatic N) is 2. The lowest BCUT2D eigenvalue weighted by molar-refractivity contribution is 0.533. The number of pyridine rings is 1. The third-order valence-electron chi connectivity index (χ3n) is 2.59. The van der Waals surface area contributed by atoms with E-state index in [1.807, 2.05) is 19.2 Å². The van der Waals surface area contributed by atoms with E-state index in [9.17, 15) is 0 Å². The summed E-state index contributed by atoms with van der Waals surface area (Å²) in [5.74, 6) is 1.12. The normalized spacial score (nSPS) is 13.7. The van der Waals surface area contributed by atoms with Gasteiger partial charge in [-0.1, -0.05) is 13.8 Å². The first kappa shape index (κ1) is 11.7. The molecule has 1 unspecified atom stereocenters. The topological polar surface area (TPSA) is 51.3 Å². The number of rotatable bonds is 3. The summed E-state index contributed by atoms with van der Waals surface area (Å²) in [4.78, 5) is 8.53. The SMILES string of the molecule is Cc1cc(N)ncc1C=NC(C)C(C)C. The van der Waals surface area contributed by atoms with Gasteiger partial charge in [0.2, 0.25) is 0 Å². The quantitative estimate of drug-likeness (QED) is 0.770. The van der Waals surface area contributed by atoms with Crippen LogP contribution in [0.15, 0.2) is 17.3 Å². The first-order chi connectivity index (χ1) is 7.00. The Kier molecular flexibility index (Phi) is 3.83. The van der Waals surface area contributed by atoms with Crippen LogP contribution < -0.4 is 5.73 Å². The molecule has 1 aromatic heterocycles. The van der Waals surface area contributed by atoms with Gasteiger partial charge in [0.1, 0.15) is 5.82 Å². The standard InChI is InChI=1S/C12H19N3/c1-8(2)10(4)14-6-11-7-15-12(13)5-9(11)3/h5-8,10H,1-4H3,(H2,13,15). The second kappa shape index (κ2) is 4.91. The van der Waals surface area contributed by atoms with Crippen LogP contribution in [0.25, 0.3) is 0 Å². The van der Waals surface area contributed by atoms with Crippen molar-refractivity contribution in [2.45, 2.75) is 33.7 Å². The van der Waals surface area contributed by atoms with Crippen LogP contribution in [0.4, 0.5) is 5.82 Å². The molecule has 0 amide bonds. The Bertz CT molecular complexity index is 356. The van der Waals surface area contributed by atoms with Gasteiger partial charge < -0.3 is 5.73 Å². The number of hydrogen-bond donors (Lipinski definition) is 1. The van der Waals surface area contributed by atoms with E-state index in [1.165, 1.54) is 0 Å². The van der Waals surface area contributed by atoms with Gasteiger partial charge in [0, 0.05) is 24.0 Å². The molecule has 0 spiro atoms. The lowest BCUT2D eigenvalue weighted by atomic mass is 10.1. The number of aryl methyl sites for hydroxylation is 1. The van der Waals surface area contributed by atoms with E-state index in [2.05, 4.69) is 30.7 Å². The molecular weight excluding hydrogens is 186 g/mol. The second-order valence-corrected chi connectivity index (χ2v) is 4.23. The Hall–Kier alpha value is -1.38. The van der Waals surface area contributed by atoms with Crippen LogP contribution in [0.1, 0.15) is 31.9 Å². The summed E-state index contributed by atoms with van der Waals surface area (Å²) < 4.78 is 0. The molecule has 0 aliphatic rings. The highest BCUT2D eigenvalue weighted by Gasteiger charge is 2.03. The van der Waals surface area contributed by atoms with Crippen LogP contribution in [0.5, 0.6) is 0 Å². The predicted molar refractivity (Wildman–Crippen MR) is 65.3 cm³/mol. The lowest BCUT2D eigenvalue weighted by Gasteiger charge is -2.09. The summed E-state index contributed by atoms with van der Waals surface area (Å²) in [5, 5.41) is 0. The van der Waals surface area contributed by atoms with E-state index < -0.39 is 0 Å². The van der Waals surface area contributed by atoms with E-state index in [1.54, 1.807) is 6.20 Å². The Labute approximate surface area is 91.4 Å². The molecule has 2 N–H and O–H groups in total. The maximum absolute atomic E-state index is 5.58. The average Bonchev–Trinajstić information content (AvgIpc) is 2.15. The monoisotopic (exact) mass is 205 g/mol. The molecule has 0 saturated carbocycles. The van der Waals surface area contributed by atoms with Crippen LogP contribution in [-0.2, 0) is 0 Å². The number of nitrogens with two attached hydrogens (primary N) is 1. The molecule has 0 saturated heterocycles. The molecule has 82 valence electrons. The molecule has 15 heavy (non-hydrogen) atoms. The van der Waals surface area contributed by atoms with Crippen molar-refractivity contribution >= 4 is 12.0 Å². The number of nitrogen functional groups attached to an aromatic ring is 1. The van der Waals surface area contributed by atoms with Crippen molar-refractivity contribution in [1.29, 1.82) is 0 Å². The van der Waals surface area contributed by atoms with Gasteiger partial charge in [0.25, 0.3) is 0 Å². The van der Waals surface area contributed by atoms with Crippen molar-refractivity contribution < 1.29 is 0 Å². The molecule has 3 heteroatoms. The first-order valence-electron chi connectivity index (χ1n) is 5.26. The Morgan fingerprint density at radius 2 is 2.07 bits per heavy atom. The largest absolute Gasteiger partial charge is 0.384 e. The van der Waals surface area contributed by atoms with E-state index in [-0.39, 0.29) is 0 Å². The number of hydrogen-bond acceptors (Lipinski definition) is 3. The molecule has 0 aliphatic heterocycles. The summed E-state index contributed by atoms with van der Waals surface area (Å²) >= 11 is 0. The van der Waals surface area contributed by atoms with E-state index in [4.69, 9.17) is 5.73 Å². The minimum absolute atomic E-state index is 0.335. The third-order valence-corrected chi connectivity index (χ3v) is 2.59. The Morgan fingerprint density at radius 3 is 2.60 bits per heavy atom. The van der Waals surface area contributed by atoms with Crippen molar-refractivity contribution in [1.82, 2.24) is 4.98 Å². The summed E-state index contributed by atoms with van der Waals surface area (Å²) in [5.41, 5.74) is 7.73. The molecule has 3 nitrogen and oxygen atoms in total. The van der Waals surface area contributed by atoms with E-state index in [0.717, 1.165) is 11.1 Å². The number of aliphatic imine (C=N–C) groups is 1. The minimum atomic E-state index is 0.335. The highest BCUT2D eigenvalue weighted by molar-refractivity contribution is 5.81. The fraction of sp³-hybridized carbons (Fsp3) is 0.500. The smallest absolute Gasteiger partial charge is 0.123 e. The Morgan fingerprint density at radius 1 is 1.40 bits per heavy atom. The Balaban J connectivity index is 2.81. The molecule has 0 aliphatic carbocycles. The predicted octanol–water partition coefficient (Wildman–Crippen LogP) is 2.44. The van der Waals surface area contributed by atoms with Gasteiger partial charge in [0.05, 0.1) is 0 Å². The summed E-state index contributed by atoms with van der Waals surface area (Å²) in [6.07, 6.45) is 3.65. The highest BCUT2D eigenvalue weighted by atomic mass is 14.8. The summed E-state index contributed by atoms with van der Waals surface area (Å²) in [7, 11) is 0. The molecule has 1 rings (SSSR count). The van der Waals surface area contributed by atoms with E-state index in [0.29, 0.717) is 17.8 Å². The van der Waals surface area contributed by atoms with Crippen molar-refractivity contribution in [3.63, 3.8) is 0 Å². The molecule has 0 bridgehead atoms. The van der Waals surface area contributed by atoms with Crippen molar-refractivity contribution in [2.75, 3.05) is 5.73 Å². The van der Waals surface area contributed by atoms with Crippen molar-refractivity contribution in [3.8, 4) is 0 Å². The van der Waals surface area contributed by atoms with Crippen LogP contribution in [0.3, 0.4) is 0 Å². The number of aromatic nitrogens is 1. The number of anilines is 1. The second-order valence-electron chi connectivity index (χ2n) is 4.23. The zero-order chi connectivity index (χ0) is 11.4. The molecule has 1 heterocycles. The third kappa shape index (κ3) is 3.35. The van der Waals surface area contributed by atoms with Gasteiger partial charge in [-0.15, -0.1) is 0 Å². The molecule has 0 aromatic carbocycles. The van der Waals surface area contributed by atoms with Crippen LogP contribution in [0, 0.1) is 12.8 Å². The van der Waals surface area contributed by atoms with Crippen LogP contribution >= 0.6 is 0 Å². The van der Waals surface area contributed by atoms with Gasteiger partial charge in [0.15, 0.2) is 0 Å². The van der Waals surface area contributed by atoms with Gasteiger partial charge in [-0.05, 0) is 31.4 Å². The van der Waals surface area contributed by atoms with Gasteiger partial charge in [-0.2, -0.15) is 0 Å². The van der Waals surface area contributed by atoms with Gasteiger partial charge >= 0.3 is 0 Å². The first-order valence-corrected chi connectivity index (χ1v) is 5.26. The van der Waals surface area contributed by atoms with E-state index >= 15 is 0 Å². The maximum Gasteiger partial charge on any atom is 0.123 e. The minimum Gasteiger partial charge on any atom is -0.384 e. The molecule has 1 atom stereocenters. The highest BCUT2D eigenvalue weighted by Crippen LogP contribution is 2.09. The average molecular weight is 205 g/mol. The zero-order valence-electron chi connectivity index (χ0n) is 9.86. The fourth-order valence-electron chi connectivity index (χ4n) is 1.09. The van der Waals surface area contributed by atoms with Crippen molar-refractivity contribution in [2.24, 2.45) is 10.9 Å². The summed E-state index contributed by atoms with van der Waals surface area (Å²) in [6.45, 7) is 8.45. The van der Waals surface area contributed by atoms with Crippen LogP contribution in [0.2, 0.25) is 0 Å². The molecule has 1 aromatic rings. The molecule has 0 radical (unpaired) electrons. The van der Waals surface area contributed by atoms with Crippen LogP contribution in [-0.4, -0.2) is 17.2 Å². The van der Waals surface area contributed by atoms with Crippen molar-refractivity contribution in [3.05, 3.63) is 23.4 Å². The zero-order valence-corrected chi connectivity index (χ0v) is 9.86.